The summed E-state index contributed by atoms with van der Waals surface area (Å²) in [4.78, 5) is 14.7. The molecule has 1 amide bonds. The van der Waals surface area contributed by atoms with Crippen molar-refractivity contribution >= 4 is 5.91 Å². The third kappa shape index (κ3) is 3.26. The highest BCUT2D eigenvalue weighted by molar-refractivity contribution is 5.88. The van der Waals surface area contributed by atoms with Gasteiger partial charge in [-0.15, -0.1) is 0 Å². The number of carbonyl (C=O) groups is 1. The number of nitrogens with one attached hydrogen (secondary N) is 1. The van der Waals surface area contributed by atoms with E-state index in [0.717, 1.165) is 12.0 Å². The highest BCUT2D eigenvalue weighted by Gasteiger charge is 2.47. The van der Waals surface area contributed by atoms with E-state index in [9.17, 15) is 9.18 Å². The van der Waals surface area contributed by atoms with E-state index in [0.29, 0.717) is 6.54 Å². The minimum atomic E-state index is -0.551. The van der Waals surface area contributed by atoms with Crippen molar-refractivity contribution in [3.63, 3.8) is 0 Å². The Morgan fingerprint density at radius 1 is 1.29 bits per heavy atom. The van der Waals surface area contributed by atoms with Gasteiger partial charge < -0.3 is 4.90 Å². The van der Waals surface area contributed by atoms with Gasteiger partial charge in [0.15, 0.2) is 0 Å². The second-order valence-corrected chi connectivity index (χ2v) is 7.28. The minimum Gasteiger partial charge on any atom is -0.321 e. The Morgan fingerprint density at radius 2 is 1.86 bits per heavy atom. The molecule has 0 bridgehead atoms. The lowest BCUT2D eigenvalue weighted by atomic mass is 9.94. The average Bonchev–Trinajstić information content (AvgIpc) is 2.64. The maximum absolute atomic E-state index is 13.1. The van der Waals surface area contributed by atoms with Gasteiger partial charge in [-0.2, -0.15) is 0 Å². The van der Waals surface area contributed by atoms with E-state index in [1.807, 2.05) is 18.7 Å². The molecule has 1 aliphatic heterocycles. The first kappa shape index (κ1) is 16.0. The topological polar surface area (TPSA) is 32.3 Å². The van der Waals surface area contributed by atoms with E-state index in [2.05, 4.69) is 26.1 Å². The van der Waals surface area contributed by atoms with Crippen molar-refractivity contribution in [1.82, 2.24) is 10.2 Å². The van der Waals surface area contributed by atoms with Crippen LogP contribution in [0.1, 0.15) is 52.8 Å². The normalized spacial score (nSPS) is 26.5. The lowest BCUT2D eigenvalue weighted by Gasteiger charge is -2.31. The molecule has 4 heteroatoms. The predicted molar refractivity (Wildman–Crippen MR) is 82.1 cm³/mol. The molecule has 0 saturated carbocycles. The molecule has 3 nitrogen and oxygen atoms in total. The maximum Gasteiger partial charge on any atom is 0.244 e. The van der Waals surface area contributed by atoms with Crippen LogP contribution >= 0.6 is 0 Å². The molecular formula is C17H25FN2O. The number of rotatable bonds is 3. The summed E-state index contributed by atoms with van der Waals surface area (Å²) >= 11 is 0. The Kier molecular flexibility index (Phi) is 4.11. The number of halogens is 1. The Hall–Kier alpha value is -1.42. The van der Waals surface area contributed by atoms with E-state index in [4.69, 9.17) is 0 Å². The summed E-state index contributed by atoms with van der Waals surface area (Å²) in [6.45, 7) is 11.0. The quantitative estimate of drug-likeness (QED) is 0.925. The molecule has 21 heavy (non-hydrogen) atoms. The van der Waals surface area contributed by atoms with Crippen LogP contribution in [0, 0.1) is 11.2 Å². The van der Waals surface area contributed by atoms with Crippen LogP contribution in [0.25, 0.3) is 0 Å². The van der Waals surface area contributed by atoms with Crippen LogP contribution in [0.2, 0.25) is 0 Å². The molecule has 1 heterocycles. The van der Waals surface area contributed by atoms with Gasteiger partial charge in [-0.25, -0.2) is 4.39 Å². The molecule has 1 aliphatic rings. The van der Waals surface area contributed by atoms with Crippen molar-refractivity contribution in [1.29, 1.82) is 0 Å². The van der Waals surface area contributed by atoms with Gasteiger partial charge >= 0.3 is 0 Å². The summed E-state index contributed by atoms with van der Waals surface area (Å²) in [6.07, 6.45) is 0.534. The molecule has 0 aliphatic carbocycles. The fraction of sp³-hybridized carbons (Fsp3) is 0.588. The molecule has 2 atom stereocenters. The van der Waals surface area contributed by atoms with Crippen molar-refractivity contribution in [2.24, 2.45) is 5.41 Å². The monoisotopic (exact) mass is 292 g/mol. The molecule has 0 aromatic heterocycles. The van der Waals surface area contributed by atoms with Crippen LogP contribution in [0.5, 0.6) is 0 Å². The standard InChI is InChI=1S/C17H25FN2O/c1-6-17(5)15(21)20(11-16(2,3)4)14(19-17)12-7-9-13(18)10-8-12/h7-10,14,19H,6,11H2,1-5H3. The van der Waals surface area contributed by atoms with Crippen LogP contribution < -0.4 is 5.32 Å². The maximum atomic E-state index is 13.1. The number of carbonyl (C=O) groups excluding carboxylic acids is 1. The number of nitrogens with zero attached hydrogens (tertiary/aromatic N) is 1. The average molecular weight is 292 g/mol. The van der Waals surface area contributed by atoms with E-state index < -0.39 is 5.54 Å². The van der Waals surface area contributed by atoms with Gasteiger partial charge in [0.2, 0.25) is 5.91 Å². The van der Waals surface area contributed by atoms with Gasteiger partial charge in [-0.1, -0.05) is 39.8 Å². The van der Waals surface area contributed by atoms with E-state index >= 15 is 0 Å². The Balaban J connectivity index is 2.36. The van der Waals surface area contributed by atoms with Crippen molar-refractivity contribution in [3.8, 4) is 0 Å². The lowest BCUT2D eigenvalue weighted by Crippen LogP contribution is -2.43. The van der Waals surface area contributed by atoms with Gasteiger partial charge in [0.05, 0.1) is 5.54 Å². The largest absolute Gasteiger partial charge is 0.321 e. The van der Waals surface area contributed by atoms with Crippen LogP contribution in [-0.4, -0.2) is 22.9 Å². The first-order valence-corrected chi connectivity index (χ1v) is 7.50. The smallest absolute Gasteiger partial charge is 0.244 e. The van der Waals surface area contributed by atoms with E-state index in [-0.39, 0.29) is 23.3 Å². The zero-order valence-corrected chi connectivity index (χ0v) is 13.5. The molecule has 1 aromatic rings. The van der Waals surface area contributed by atoms with Crippen molar-refractivity contribution < 1.29 is 9.18 Å². The van der Waals surface area contributed by atoms with Crippen LogP contribution in [0.4, 0.5) is 4.39 Å². The van der Waals surface area contributed by atoms with Gasteiger partial charge in [-0.3, -0.25) is 10.1 Å². The molecule has 116 valence electrons. The molecule has 2 rings (SSSR count). The van der Waals surface area contributed by atoms with Gasteiger partial charge in [0.1, 0.15) is 12.0 Å². The highest BCUT2D eigenvalue weighted by atomic mass is 19.1. The first-order chi connectivity index (χ1) is 9.66. The van der Waals surface area contributed by atoms with Crippen molar-refractivity contribution in [3.05, 3.63) is 35.6 Å². The third-order valence-electron chi connectivity index (χ3n) is 4.04. The molecule has 2 unspecified atom stereocenters. The highest BCUT2D eigenvalue weighted by Crippen LogP contribution is 2.35. The summed E-state index contributed by atoms with van der Waals surface area (Å²) < 4.78 is 13.1. The molecule has 0 radical (unpaired) electrons. The Labute approximate surface area is 126 Å². The van der Waals surface area contributed by atoms with E-state index in [1.54, 1.807) is 12.1 Å². The molecule has 1 N–H and O–H groups in total. The van der Waals surface area contributed by atoms with Crippen LogP contribution in [0.3, 0.4) is 0 Å². The zero-order chi connectivity index (χ0) is 15.8. The fourth-order valence-corrected chi connectivity index (χ4v) is 2.71. The van der Waals surface area contributed by atoms with Crippen LogP contribution in [0.15, 0.2) is 24.3 Å². The number of benzene rings is 1. The van der Waals surface area contributed by atoms with Gasteiger partial charge in [0, 0.05) is 6.54 Å². The summed E-state index contributed by atoms with van der Waals surface area (Å²) in [5.41, 5.74) is 0.380. The number of hydrogen-bond acceptors (Lipinski definition) is 2. The Bertz CT molecular complexity index is 521. The summed E-state index contributed by atoms with van der Waals surface area (Å²) in [5, 5.41) is 3.43. The zero-order valence-electron chi connectivity index (χ0n) is 13.5. The fourth-order valence-electron chi connectivity index (χ4n) is 2.71. The lowest BCUT2D eigenvalue weighted by molar-refractivity contribution is -0.134. The van der Waals surface area contributed by atoms with Crippen LogP contribution in [-0.2, 0) is 4.79 Å². The predicted octanol–water partition coefficient (Wildman–Crippen LogP) is 3.47. The minimum absolute atomic E-state index is 0.00854. The SMILES string of the molecule is CCC1(C)NC(c2ccc(F)cc2)N(CC(C)(C)C)C1=O. The second kappa shape index (κ2) is 5.41. The molecular weight excluding hydrogens is 267 g/mol. The van der Waals surface area contributed by atoms with Gasteiger partial charge in [-0.05, 0) is 36.5 Å². The van der Waals surface area contributed by atoms with Gasteiger partial charge in [0.25, 0.3) is 0 Å². The molecule has 1 fully saturated rings. The summed E-state index contributed by atoms with van der Waals surface area (Å²) in [5.74, 6) is -0.141. The molecule has 0 spiro atoms. The third-order valence-corrected chi connectivity index (χ3v) is 4.04. The molecule has 1 saturated heterocycles. The summed E-state index contributed by atoms with van der Waals surface area (Å²) in [6, 6.07) is 6.38. The van der Waals surface area contributed by atoms with E-state index in [1.165, 1.54) is 12.1 Å². The van der Waals surface area contributed by atoms with Crippen molar-refractivity contribution in [2.45, 2.75) is 52.7 Å². The number of amides is 1. The first-order valence-electron chi connectivity index (χ1n) is 7.50. The second-order valence-electron chi connectivity index (χ2n) is 7.28. The number of hydrogen-bond donors (Lipinski definition) is 1. The van der Waals surface area contributed by atoms with Crippen molar-refractivity contribution in [2.75, 3.05) is 6.54 Å². The summed E-state index contributed by atoms with van der Waals surface area (Å²) in [7, 11) is 0. The Morgan fingerprint density at radius 3 is 2.33 bits per heavy atom. The molecule has 1 aromatic carbocycles.